The van der Waals surface area contributed by atoms with Crippen LogP contribution >= 0.6 is 11.3 Å². The van der Waals surface area contributed by atoms with E-state index in [0.717, 1.165) is 10.2 Å². The molecule has 3 nitrogen and oxygen atoms in total. The number of fused-ring (bicyclic) bond motifs is 1. The molecule has 0 N–H and O–H groups in total. The molecule has 0 aliphatic heterocycles. The molecule has 2 aromatic heterocycles. The molecule has 0 aliphatic carbocycles. The van der Waals surface area contributed by atoms with E-state index >= 15 is 0 Å². The van der Waals surface area contributed by atoms with Crippen molar-refractivity contribution in [1.82, 2.24) is 4.98 Å². The standard InChI is InChI=1S/C6H4N2OS/c9-8-3-1-2-5-6(8)10-4-7-5/h1-4H. The quantitative estimate of drug-likeness (QED) is 0.416. The van der Waals surface area contributed by atoms with Gasteiger partial charge in [0.1, 0.15) is 5.52 Å². The Balaban J connectivity index is 2.95. The molecule has 0 spiro atoms. The number of nitrogens with zero attached hydrogens (tertiary/aromatic N) is 2. The van der Waals surface area contributed by atoms with E-state index in [-0.39, 0.29) is 0 Å². The minimum absolute atomic E-state index is 0.669. The van der Waals surface area contributed by atoms with Gasteiger partial charge in [0.05, 0.1) is 5.51 Å². The fourth-order valence-electron chi connectivity index (χ4n) is 0.808. The van der Waals surface area contributed by atoms with Crippen molar-refractivity contribution in [3.8, 4) is 0 Å². The van der Waals surface area contributed by atoms with Gasteiger partial charge in [-0.05, 0) is 6.07 Å². The highest BCUT2D eigenvalue weighted by molar-refractivity contribution is 7.15. The van der Waals surface area contributed by atoms with Crippen LogP contribution in [0.15, 0.2) is 23.8 Å². The lowest BCUT2D eigenvalue weighted by atomic mass is 10.5. The first-order valence-corrected chi connectivity index (χ1v) is 3.67. The molecule has 0 fully saturated rings. The van der Waals surface area contributed by atoms with Gasteiger partial charge in [-0.15, -0.1) is 0 Å². The van der Waals surface area contributed by atoms with E-state index in [2.05, 4.69) is 4.98 Å². The Morgan fingerprint density at radius 2 is 2.50 bits per heavy atom. The van der Waals surface area contributed by atoms with E-state index in [9.17, 15) is 5.21 Å². The Labute approximate surface area is 61.2 Å². The zero-order chi connectivity index (χ0) is 6.97. The number of aromatic nitrogens is 2. The average Bonchev–Trinajstić information content (AvgIpc) is 2.36. The Bertz CT molecular complexity index is 357. The number of hydrogen-bond donors (Lipinski definition) is 0. The molecule has 0 saturated heterocycles. The first-order chi connectivity index (χ1) is 4.88. The summed E-state index contributed by atoms with van der Waals surface area (Å²) in [7, 11) is 0. The van der Waals surface area contributed by atoms with Crippen molar-refractivity contribution in [1.29, 1.82) is 0 Å². The van der Waals surface area contributed by atoms with Crippen LogP contribution in [0.1, 0.15) is 0 Å². The number of rotatable bonds is 0. The van der Waals surface area contributed by atoms with Gasteiger partial charge in [0, 0.05) is 6.07 Å². The van der Waals surface area contributed by atoms with Gasteiger partial charge in [0.15, 0.2) is 6.20 Å². The summed E-state index contributed by atoms with van der Waals surface area (Å²) < 4.78 is 0.826. The molecule has 0 atom stereocenters. The van der Waals surface area contributed by atoms with Crippen LogP contribution in [0.25, 0.3) is 10.3 Å². The smallest absolute Gasteiger partial charge is 0.300 e. The second-order valence-corrected chi connectivity index (χ2v) is 2.71. The van der Waals surface area contributed by atoms with Crippen LogP contribution in [0.2, 0.25) is 0 Å². The highest BCUT2D eigenvalue weighted by Crippen LogP contribution is 2.10. The van der Waals surface area contributed by atoms with Gasteiger partial charge in [0.25, 0.3) is 4.83 Å². The van der Waals surface area contributed by atoms with Crippen LogP contribution in [0.3, 0.4) is 0 Å². The molecule has 0 aromatic carbocycles. The maximum Gasteiger partial charge on any atom is 0.300 e. The molecule has 2 rings (SSSR count). The second kappa shape index (κ2) is 1.91. The summed E-state index contributed by atoms with van der Waals surface area (Å²) in [6, 6.07) is 3.51. The van der Waals surface area contributed by atoms with Crippen molar-refractivity contribution in [3.63, 3.8) is 0 Å². The fourth-order valence-corrected chi connectivity index (χ4v) is 1.48. The summed E-state index contributed by atoms with van der Waals surface area (Å²) in [5.41, 5.74) is 2.43. The largest absolute Gasteiger partial charge is 0.618 e. The lowest BCUT2D eigenvalue weighted by molar-refractivity contribution is -0.574. The molecule has 0 unspecified atom stereocenters. The van der Waals surface area contributed by atoms with E-state index in [4.69, 9.17) is 0 Å². The van der Waals surface area contributed by atoms with Crippen LogP contribution in [-0.4, -0.2) is 4.98 Å². The Kier molecular flexibility index (Phi) is 1.07. The summed E-state index contributed by atoms with van der Waals surface area (Å²) in [6.07, 6.45) is 1.47. The normalized spacial score (nSPS) is 10.4. The maximum absolute atomic E-state index is 10.9. The molecule has 0 amide bonds. The lowest BCUT2D eigenvalue weighted by Gasteiger charge is -1.92. The Hall–Kier alpha value is -1.16. The predicted octanol–water partition coefficient (Wildman–Crippen LogP) is 0.930. The van der Waals surface area contributed by atoms with E-state index in [1.54, 1.807) is 11.6 Å². The third-order valence-electron chi connectivity index (χ3n) is 1.25. The van der Waals surface area contributed by atoms with Crippen molar-refractivity contribution >= 4 is 21.7 Å². The minimum atomic E-state index is 0.669. The highest BCUT2D eigenvalue weighted by Gasteiger charge is 2.02. The molecule has 0 radical (unpaired) electrons. The SMILES string of the molecule is [O-][n+]1cccc2ncsc21. The fraction of sp³-hybridized carbons (Fsp3) is 0. The Morgan fingerprint density at radius 3 is 3.30 bits per heavy atom. The molecule has 50 valence electrons. The van der Waals surface area contributed by atoms with Crippen molar-refractivity contribution in [3.05, 3.63) is 29.0 Å². The molecular weight excluding hydrogens is 148 g/mol. The third kappa shape index (κ3) is 0.657. The zero-order valence-corrected chi connectivity index (χ0v) is 5.84. The summed E-state index contributed by atoms with van der Waals surface area (Å²) in [6.45, 7) is 0. The molecule has 0 saturated carbocycles. The predicted molar refractivity (Wildman–Crippen MR) is 38.6 cm³/mol. The van der Waals surface area contributed by atoms with Gasteiger partial charge in [0.2, 0.25) is 0 Å². The van der Waals surface area contributed by atoms with E-state index < -0.39 is 0 Å². The average molecular weight is 152 g/mol. The van der Waals surface area contributed by atoms with Gasteiger partial charge >= 0.3 is 0 Å². The van der Waals surface area contributed by atoms with Crippen LogP contribution in [0.5, 0.6) is 0 Å². The number of hydrogen-bond acceptors (Lipinski definition) is 3. The molecule has 2 aromatic rings. The topological polar surface area (TPSA) is 39.8 Å². The first kappa shape index (κ1) is 5.61. The molecule has 10 heavy (non-hydrogen) atoms. The zero-order valence-electron chi connectivity index (χ0n) is 5.02. The highest BCUT2D eigenvalue weighted by atomic mass is 32.1. The van der Waals surface area contributed by atoms with Gasteiger partial charge in [-0.3, -0.25) is 0 Å². The molecule has 0 aliphatic rings. The van der Waals surface area contributed by atoms with E-state index in [1.165, 1.54) is 17.5 Å². The van der Waals surface area contributed by atoms with Crippen molar-refractivity contribution in [2.24, 2.45) is 0 Å². The third-order valence-corrected chi connectivity index (χ3v) is 2.07. The molecule has 4 heteroatoms. The second-order valence-electron chi connectivity index (χ2n) is 1.88. The van der Waals surface area contributed by atoms with E-state index in [1.807, 2.05) is 6.07 Å². The molecule has 2 heterocycles. The molecule has 0 bridgehead atoms. The first-order valence-electron chi connectivity index (χ1n) is 2.79. The minimum Gasteiger partial charge on any atom is -0.618 e. The van der Waals surface area contributed by atoms with E-state index in [0.29, 0.717) is 4.83 Å². The monoisotopic (exact) mass is 152 g/mol. The van der Waals surface area contributed by atoms with Gasteiger partial charge < -0.3 is 5.21 Å². The van der Waals surface area contributed by atoms with Gasteiger partial charge in [-0.2, -0.15) is 4.73 Å². The summed E-state index contributed by atoms with van der Waals surface area (Å²) >= 11 is 1.35. The summed E-state index contributed by atoms with van der Waals surface area (Å²) in [5.74, 6) is 0. The van der Waals surface area contributed by atoms with Crippen LogP contribution in [0, 0.1) is 5.21 Å². The lowest BCUT2D eigenvalue weighted by Crippen LogP contribution is -2.24. The van der Waals surface area contributed by atoms with Crippen LogP contribution in [-0.2, 0) is 0 Å². The van der Waals surface area contributed by atoms with Gasteiger partial charge in [-0.25, -0.2) is 4.98 Å². The number of pyridine rings is 1. The van der Waals surface area contributed by atoms with Gasteiger partial charge in [-0.1, -0.05) is 11.3 Å². The summed E-state index contributed by atoms with van der Waals surface area (Å²) in [5, 5.41) is 10.9. The number of thiazole rings is 1. The maximum atomic E-state index is 10.9. The Morgan fingerprint density at radius 1 is 1.60 bits per heavy atom. The van der Waals surface area contributed by atoms with Crippen molar-refractivity contribution < 1.29 is 4.73 Å². The summed E-state index contributed by atoms with van der Waals surface area (Å²) in [4.78, 5) is 4.65. The molecular formula is C6H4N2OS. The van der Waals surface area contributed by atoms with Crippen molar-refractivity contribution in [2.75, 3.05) is 0 Å². The van der Waals surface area contributed by atoms with Crippen molar-refractivity contribution in [2.45, 2.75) is 0 Å². The van der Waals surface area contributed by atoms with Crippen LogP contribution < -0.4 is 4.73 Å². The van der Waals surface area contributed by atoms with Crippen LogP contribution in [0.4, 0.5) is 0 Å².